The maximum Gasteiger partial charge on any atom is 0.460 e. The van der Waals surface area contributed by atoms with Crippen molar-refractivity contribution in [1.82, 2.24) is 9.97 Å². The molecule has 2 heterocycles. The Bertz CT molecular complexity index is 2210. The SMILES string of the molecule is Fc1c(-c2ncc(-c3ccc(OCC(F)(F)C(F)(F)C(F)(F)C(F)(F)C(F)(F)C(F)(F)F)cc3)cn2)ccc2c1C(F)(F)C(CC(F)(F)C(F)(F)C(F)(F)C(F)(F)C(F)(F)C(F)(F)F)O2. The summed E-state index contributed by atoms with van der Waals surface area (Å²) in [6, 6.07) is 3.15. The van der Waals surface area contributed by atoms with Crippen molar-refractivity contribution in [3.63, 3.8) is 0 Å². The lowest BCUT2D eigenvalue weighted by molar-refractivity contribution is -0.441. The minimum atomic E-state index is -8.36. The van der Waals surface area contributed by atoms with Gasteiger partial charge in [-0.3, -0.25) is 0 Å². The van der Waals surface area contributed by atoms with Gasteiger partial charge in [-0.25, -0.2) is 14.4 Å². The second-order valence-electron chi connectivity index (χ2n) is 13.3. The van der Waals surface area contributed by atoms with Crippen molar-refractivity contribution in [3.05, 3.63) is 60.2 Å². The summed E-state index contributed by atoms with van der Waals surface area (Å²) < 4.78 is 403. The van der Waals surface area contributed by atoms with E-state index in [1.165, 1.54) is 0 Å². The van der Waals surface area contributed by atoms with Crippen LogP contribution in [-0.2, 0) is 5.92 Å². The summed E-state index contributed by atoms with van der Waals surface area (Å²) in [4.78, 5) is 7.06. The molecule has 1 aliphatic rings. The fourth-order valence-electron chi connectivity index (χ4n) is 5.29. The Morgan fingerprint density at radius 1 is 0.492 bits per heavy atom. The molecule has 0 spiro atoms. The standard InChI is InChI=1S/C32H13F29N2O2/c33-18-14(5-6-15-17(18)22(38,39)16(65-15)7-20(34,35)23(40,41)25(44,45)27(48,49)29(52,53)31(56,57)58)19-62-8-12(9-63-19)11-1-3-13(4-2-11)64-10-21(36,37)24(42,43)26(46,47)28(50,51)30(54,55)32(59,60)61/h1-6,8-9,16H,7,10H2. The molecule has 0 aliphatic carbocycles. The van der Waals surface area contributed by atoms with Crippen LogP contribution in [0.1, 0.15) is 12.0 Å². The highest BCUT2D eigenvalue weighted by Crippen LogP contribution is 2.63. The van der Waals surface area contributed by atoms with E-state index in [1.807, 2.05) is 0 Å². The molecule has 1 unspecified atom stereocenters. The predicted octanol–water partition coefficient (Wildman–Crippen LogP) is 13.0. The van der Waals surface area contributed by atoms with E-state index in [1.54, 1.807) is 0 Å². The number of aromatic nitrogens is 2. The number of benzene rings is 2. The number of nitrogens with zero attached hydrogens (tertiary/aromatic N) is 2. The van der Waals surface area contributed by atoms with E-state index in [2.05, 4.69) is 19.4 Å². The molecule has 0 fully saturated rings. The first kappa shape index (κ1) is 52.7. The Morgan fingerprint density at radius 2 is 0.892 bits per heavy atom. The van der Waals surface area contributed by atoms with Crippen LogP contribution < -0.4 is 9.47 Å². The van der Waals surface area contributed by atoms with Crippen molar-refractivity contribution >= 4 is 0 Å². The average molecular weight is 1010 g/mol. The molecule has 4 rings (SSSR count). The lowest BCUT2D eigenvalue weighted by atomic mass is 9.89. The van der Waals surface area contributed by atoms with Crippen molar-refractivity contribution in [3.8, 4) is 34.0 Å². The van der Waals surface area contributed by atoms with Gasteiger partial charge in [0, 0.05) is 18.0 Å². The summed E-state index contributed by atoms with van der Waals surface area (Å²) >= 11 is 0. The molecule has 1 atom stereocenters. The molecule has 2 aromatic carbocycles. The van der Waals surface area contributed by atoms with Crippen LogP contribution in [0.25, 0.3) is 22.5 Å². The van der Waals surface area contributed by atoms with E-state index in [-0.39, 0.29) is 17.2 Å². The lowest BCUT2D eigenvalue weighted by Crippen LogP contribution is -2.70. The number of hydrogen-bond donors (Lipinski definition) is 0. The number of hydrogen-bond acceptors (Lipinski definition) is 4. The second kappa shape index (κ2) is 15.3. The number of fused-ring (bicyclic) bond motifs is 1. The second-order valence-corrected chi connectivity index (χ2v) is 13.3. The molecule has 1 aromatic heterocycles. The molecule has 33 heteroatoms. The van der Waals surface area contributed by atoms with Gasteiger partial charge >= 0.3 is 77.5 Å². The van der Waals surface area contributed by atoms with Gasteiger partial charge in [0.25, 0.3) is 0 Å². The summed E-state index contributed by atoms with van der Waals surface area (Å²) in [5.41, 5.74) is -3.83. The fourth-order valence-corrected chi connectivity index (χ4v) is 5.29. The molecule has 0 saturated carbocycles. The van der Waals surface area contributed by atoms with E-state index < -0.39 is 131 Å². The first-order valence-electron chi connectivity index (χ1n) is 16.1. The van der Waals surface area contributed by atoms with E-state index in [4.69, 9.17) is 0 Å². The zero-order chi connectivity index (χ0) is 50.6. The van der Waals surface area contributed by atoms with Crippen LogP contribution in [0.2, 0.25) is 0 Å². The van der Waals surface area contributed by atoms with E-state index >= 15 is 13.2 Å². The molecule has 65 heavy (non-hydrogen) atoms. The average Bonchev–Trinajstić information content (AvgIpc) is 3.41. The third-order valence-corrected chi connectivity index (χ3v) is 9.05. The number of rotatable bonds is 15. The summed E-state index contributed by atoms with van der Waals surface area (Å²) in [6.45, 7) is -3.08. The molecule has 3 aromatic rings. The van der Waals surface area contributed by atoms with E-state index in [0.717, 1.165) is 12.1 Å². The summed E-state index contributed by atoms with van der Waals surface area (Å²) in [6.07, 6.45) is -21.6. The third-order valence-electron chi connectivity index (χ3n) is 9.05. The minimum Gasteiger partial charge on any atom is -0.487 e. The van der Waals surface area contributed by atoms with Gasteiger partial charge in [-0.1, -0.05) is 12.1 Å². The molecule has 0 N–H and O–H groups in total. The molecular formula is C32H13F29N2O2. The molecule has 0 bridgehead atoms. The normalized spacial score (nSPS) is 17.5. The van der Waals surface area contributed by atoms with Crippen LogP contribution in [0.15, 0.2) is 48.8 Å². The van der Waals surface area contributed by atoms with Gasteiger partial charge in [-0.2, -0.15) is 123 Å². The van der Waals surface area contributed by atoms with Gasteiger partial charge in [0.1, 0.15) is 22.9 Å². The highest BCUT2D eigenvalue weighted by Gasteiger charge is 2.92. The minimum absolute atomic E-state index is 0.220. The van der Waals surface area contributed by atoms with Crippen LogP contribution in [0, 0.1) is 5.82 Å². The van der Waals surface area contributed by atoms with Crippen molar-refractivity contribution in [2.45, 2.75) is 90.0 Å². The first-order valence-corrected chi connectivity index (χ1v) is 16.1. The number of halogens is 29. The third kappa shape index (κ3) is 7.80. The maximum atomic E-state index is 15.4. The zero-order valence-corrected chi connectivity index (χ0v) is 29.8. The van der Waals surface area contributed by atoms with Crippen LogP contribution >= 0.6 is 0 Å². The summed E-state index contributed by atoms with van der Waals surface area (Å²) in [5.74, 6) is -89.6. The predicted molar refractivity (Wildman–Crippen MR) is 153 cm³/mol. The Balaban J connectivity index is 1.53. The highest BCUT2D eigenvalue weighted by molar-refractivity contribution is 5.66. The quantitative estimate of drug-likeness (QED) is 0.142. The molecule has 0 amide bonds. The number of ether oxygens (including phenoxy) is 2. The van der Waals surface area contributed by atoms with Crippen molar-refractivity contribution < 1.29 is 137 Å². The molecule has 0 saturated heterocycles. The summed E-state index contributed by atoms with van der Waals surface area (Å²) in [7, 11) is 0. The van der Waals surface area contributed by atoms with Crippen LogP contribution in [0.4, 0.5) is 127 Å². The monoisotopic (exact) mass is 1010 g/mol. The van der Waals surface area contributed by atoms with Gasteiger partial charge in [-0.15, -0.1) is 0 Å². The molecular weight excluding hydrogens is 995 g/mol. The molecule has 0 radical (unpaired) electrons. The van der Waals surface area contributed by atoms with Crippen LogP contribution in [-0.4, -0.2) is 94.3 Å². The Kier molecular flexibility index (Phi) is 12.4. The van der Waals surface area contributed by atoms with Gasteiger partial charge < -0.3 is 9.47 Å². The summed E-state index contributed by atoms with van der Waals surface area (Å²) in [5, 5.41) is 0. The van der Waals surface area contributed by atoms with Crippen molar-refractivity contribution in [2.75, 3.05) is 6.61 Å². The van der Waals surface area contributed by atoms with Crippen LogP contribution in [0.3, 0.4) is 0 Å². The maximum absolute atomic E-state index is 15.4. The van der Waals surface area contributed by atoms with Crippen molar-refractivity contribution in [1.29, 1.82) is 0 Å². The Morgan fingerprint density at radius 3 is 1.31 bits per heavy atom. The molecule has 4 nitrogen and oxygen atoms in total. The Hall–Kier alpha value is -4.91. The van der Waals surface area contributed by atoms with Gasteiger partial charge in [0.15, 0.2) is 18.5 Å². The van der Waals surface area contributed by atoms with Gasteiger partial charge in [0.2, 0.25) is 0 Å². The number of alkyl halides is 28. The lowest BCUT2D eigenvalue weighted by Gasteiger charge is -2.40. The van der Waals surface area contributed by atoms with E-state index in [9.17, 15) is 114 Å². The van der Waals surface area contributed by atoms with Gasteiger partial charge in [0.05, 0.1) is 12.0 Å². The van der Waals surface area contributed by atoms with E-state index in [0.29, 0.717) is 30.6 Å². The highest BCUT2D eigenvalue weighted by atomic mass is 19.4. The van der Waals surface area contributed by atoms with Crippen molar-refractivity contribution in [2.24, 2.45) is 0 Å². The zero-order valence-electron chi connectivity index (χ0n) is 29.8. The molecule has 1 aliphatic heterocycles. The Labute approximate surface area is 338 Å². The topological polar surface area (TPSA) is 44.2 Å². The van der Waals surface area contributed by atoms with Gasteiger partial charge in [-0.05, 0) is 29.8 Å². The first-order chi connectivity index (χ1) is 28.7. The largest absolute Gasteiger partial charge is 0.487 e. The fraction of sp³-hybridized carbons (Fsp3) is 0.500. The smallest absolute Gasteiger partial charge is 0.460 e. The molecule has 366 valence electrons. The van der Waals surface area contributed by atoms with Crippen LogP contribution in [0.5, 0.6) is 11.5 Å².